The van der Waals surface area contributed by atoms with Crippen molar-refractivity contribution >= 4 is 6.20 Å². The van der Waals surface area contributed by atoms with E-state index in [1.807, 2.05) is 16.7 Å². The van der Waals surface area contributed by atoms with Crippen LogP contribution in [0.25, 0.3) is 17.5 Å². The molecule has 0 amide bonds. The molecule has 0 saturated heterocycles. The van der Waals surface area contributed by atoms with Crippen LogP contribution in [0.3, 0.4) is 0 Å². The number of benzene rings is 1. The van der Waals surface area contributed by atoms with Gasteiger partial charge >= 0.3 is 0 Å². The van der Waals surface area contributed by atoms with Gasteiger partial charge in [-0.2, -0.15) is 5.26 Å². The predicted molar refractivity (Wildman–Crippen MR) is 68.4 cm³/mol. The zero-order valence-corrected chi connectivity index (χ0v) is 9.48. The smallest absolute Gasteiger partial charge is 0.125 e. The van der Waals surface area contributed by atoms with Crippen molar-refractivity contribution in [3.8, 4) is 17.3 Å². The van der Waals surface area contributed by atoms with Gasteiger partial charge in [0, 0.05) is 11.8 Å². The van der Waals surface area contributed by atoms with Gasteiger partial charge in [0.15, 0.2) is 0 Å². The molecule has 0 radical (unpaired) electrons. The van der Waals surface area contributed by atoms with Gasteiger partial charge in [0.2, 0.25) is 0 Å². The molecule has 2 nitrogen and oxygen atoms in total. The van der Waals surface area contributed by atoms with Crippen LogP contribution in [0.2, 0.25) is 0 Å². The summed E-state index contributed by atoms with van der Waals surface area (Å²) >= 11 is 0. The lowest BCUT2D eigenvalue weighted by molar-refractivity contribution is 0.934. The third-order valence-corrected chi connectivity index (χ3v) is 3.35. The molecular formula is C15H12N2. The highest BCUT2D eigenvalue weighted by atomic mass is 15.0. The molecule has 0 saturated carbocycles. The monoisotopic (exact) mass is 220 g/mol. The summed E-state index contributed by atoms with van der Waals surface area (Å²) in [6.07, 6.45) is 3.77. The number of fused-ring (bicyclic) bond motifs is 3. The SMILES string of the molecule is C=Cn1c(C#N)cc2c1-c1ccccc1CC2. The summed E-state index contributed by atoms with van der Waals surface area (Å²) in [5.41, 5.74) is 5.64. The second-order valence-corrected chi connectivity index (χ2v) is 4.22. The van der Waals surface area contributed by atoms with Gasteiger partial charge in [0.25, 0.3) is 0 Å². The molecule has 1 aromatic heterocycles. The van der Waals surface area contributed by atoms with Crippen LogP contribution in [0.15, 0.2) is 36.9 Å². The van der Waals surface area contributed by atoms with Gasteiger partial charge < -0.3 is 4.57 Å². The van der Waals surface area contributed by atoms with E-state index in [2.05, 4.69) is 30.8 Å². The lowest BCUT2D eigenvalue weighted by atomic mass is 9.90. The molecule has 0 N–H and O–H groups in total. The molecule has 2 heteroatoms. The van der Waals surface area contributed by atoms with Crippen LogP contribution in [-0.2, 0) is 12.8 Å². The predicted octanol–water partition coefficient (Wildman–Crippen LogP) is 3.23. The van der Waals surface area contributed by atoms with E-state index in [0.717, 1.165) is 18.5 Å². The fourth-order valence-electron chi connectivity index (χ4n) is 2.59. The highest BCUT2D eigenvalue weighted by Crippen LogP contribution is 2.35. The second-order valence-electron chi connectivity index (χ2n) is 4.22. The summed E-state index contributed by atoms with van der Waals surface area (Å²) in [6.45, 7) is 3.80. The maximum absolute atomic E-state index is 9.13. The number of nitrogens with zero attached hydrogens (tertiary/aromatic N) is 2. The standard InChI is InChI=1S/C15H12N2/c1-2-17-13(10-16)9-12-8-7-11-5-3-4-6-14(11)15(12)17/h2-6,9H,1,7-8H2. The van der Waals surface area contributed by atoms with Crippen LogP contribution in [-0.4, -0.2) is 4.57 Å². The average Bonchev–Trinajstić information content (AvgIpc) is 2.76. The Morgan fingerprint density at radius 3 is 2.76 bits per heavy atom. The summed E-state index contributed by atoms with van der Waals surface area (Å²) in [7, 11) is 0. The lowest BCUT2D eigenvalue weighted by Gasteiger charge is -2.18. The van der Waals surface area contributed by atoms with E-state index in [-0.39, 0.29) is 0 Å². The maximum atomic E-state index is 9.13. The summed E-state index contributed by atoms with van der Waals surface area (Å²) in [5, 5.41) is 9.13. The maximum Gasteiger partial charge on any atom is 0.125 e. The van der Waals surface area contributed by atoms with Crippen LogP contribution >= 0.6 is 0 Å². The van der Waals surface area contributed by atoms with Crippen molar-refractivity contribution in [2.45, 2.75) is 12.8 Å². The van der Waals surface area contributed by atoms with E-state index >= 15 is 0 Å². The zero-order chi connectivity index (χ0) is 11.8. The van der Waals surface area contributed by atoms with E-state index in [0.29, 0.717) is 5.69 Å². The Labute approximate surface area is 100 Å². The third kappa shape index (κ3) is 1.33. The van der Waals surface area contributed by atoms with Gasteiger partial charge in [0.1, 0.15) is 11.8 Å². The molecule has 1 heterocycles. The molecule has 1 aromatic carbocycles. The Balaban J connectivity index is 2.35. The number of hydrogen-bond donors (Lipinski definition) is 0. The third-order valence-electron chi connectivity index (χ3n) is 3.35. The Bertz CT molecular complexity index is 641. The Kier molecular flexibility index (Phi) is 2.12. The Hall–Kier alpha value is -2.27. The van der Waals surface area contributed by atoms with Crippen molar-refractivity contribution in [3.63, 3.8) is 0 Å². The number of rotatable bonds is 1. The van der Waals surface area contributed by atoms with E-state index in [1.165, 1.54) is 16.7 Å². The lowest BCUT2D eigenvalue weighted by Crippen LogP contribution is -2.04. The minimum Gasteiger partial charge on any atom is -0.308 e. The molecule has 0 fully saturated rings. The molecule has 0 atom stereocenters. The van der Waals surface area contributed by atoms with Crippen molar-refractivity contribution in [2.75, 3.05) is 0 Å². The second kappa shape index (κ2) is 3.64. The van der Waals surface area contributed by atoms with Crippen LogP contribution in [0.5, 0.6) is 0 Å². The van der Waals surface area contributed by atoms with Gasteiger partial charge in [-0.25, -0.2) is 0 Å². The van der Waals surface area contributed by atoms with Crippen molar-refractivity contribution < 1.29 is 0 Å². The first-order valence-corrected chi connectivity index (χ1v) is 5.70. The fraction of sp³-hybridized carbons (Fsp3) is 0.133. The van der Waals surface area contributed by atoms with Crippen molar-refractivity contribution in [1.82, 2.24) is 4.57 Å². The highest BCUT2D eigenvalue weighted by molar-refractivity contribution is 5.74. The zero-order valence-electron chi connectivity index (χ0n) is 9.48. The Morgan fingerprint density at radius 1 is 1.24 bits per heavy atom. The average molecular weight is 220 g/mol. The molecule has 0 unspecified atom stereocenters. The first-order valence-electron chi connectivity index (χ1n) is 5.70. The van der Waals surface area contributed by atoms with E-state index in [1.54, 1.807) is 6.20 Å². The number of aryl methyl sites for hydroxylation is 2. The first kappa shape index (κ1) is 9.92. The number of nitriles is 1. The van der Waals surface area contributed by atoms with Crippen LogP contribution in [0.1, 0.15) is 16.8 Å². The van der Waals surface area contributed by atoms with Gasteiger partial charge in [-0.1, -0.05) is 30.8 Å². The molecule has 2 aromatic rings. The number of hydrogen-bond acceptors (Lipinski definition) is 1. The Morgan fingerprint density at radius 2 is 2.00 bits per heavy atom. The molecule has 82 valence electrons. The minimum absolute atomic E-state index is 0.668. The molecule has 0 aliphatic heterocycles. The molecular weight excluding hydrogens is 208 g/mol. The van der Waals surface area contributed by atoms with Gasteiger partial charge in [-0.05, 0) is 30.0 Å². The summed E-state index contributed by atoms with van der Waals surface area (Å²) in [6, 6.07) is 12.6. The van der Waals surface area contributed by atoms with Crippen molar-refractivity contribution in [2.24, 2.45) is 0 Å². The van der Waals surface area contributed by atoms with E-state index in [9.17, 15) is 0 Å². The van der Waals surface area contributed by atoms with Crippen LogP contribution < -0.4 is 0 Å². The summed E-state index contributed by atoms with van der Waals surface area (Å²) in [4.78, 5) is 0. The molecule has 0 bridgehead atoms. The van der Waals surface area contributed by atoms with E-state index in [4.69, 9.17) is 5.26 Å². The summed E-state index contributed by atoms with van der Waals surface area (Å²) in [5.74, 6) is 0. The minimum atomic E-state index is 0.668. The largest absolute Gasteiger partial charge is 0.308 e. The van der Waals surface area contributed by atoms with Crippen LogP contribution in [0, 0.1) is 11.3 Å². The fourth-order valence-corrected chi connectivity index (χ4v) is 2.59. The molecule has 0 spiro atoms. The van der Waals surface area contributed by atoms with Crippen LogP contribution in [0.4, 0.5) is 0 Å². The molecule has 1 aliphatic carbocycles. The molecule has 3 rings (SSSR count). The first-order chi connectivity index (χ1) is 8.35. The van der Waals surface area contributed by atoms with Gasteiger partial charge in [-0.15, -0.1) is 0 Å². The van der Waals surface area contributed by atoms with E-state index < -0.39 is 0 Å². The van der Waals surface area contributed by atoms with Crippen molar-refractivity contribution in [1.29, 1.82) is 5.26 Å². The van der Waals surface area contributed by atoms with Gasteiger partial charge in [-0.3, -0.25) is 0 Å². The normalized spacial score (nSPS) is 12.4. The molecule has 1 aliphatic rings. The quantitative estimate of drug-likeness (QED) is 0.725. The van der Waals surface area contributed by atoms with Gasteiger partial charge in [0.05, 0.1) is 5.69 Å². The van der Waals surface area contributed by atoms with Crippen molar-refractivity contribution in [3.05, 3.63) is 53.7 Å². The molecule has 17 heavy (non-hydrogen) atoms. The summed E-state index contributed by atoms with van der Waals surface area (Å²) < 4.78 is 1.90. The number of aromatic nitrogens is 1. The highest BCUT2D eigenvalue weighted by Gasteiger charge is 2.21. The topological polar surface area (TPSA) is 28.7 Å².